The number of hydrogen-bond acceptors (Lipinski definition) is 2. The Morgan fingerprint density at radius 1 is 1.33 bits per heavy atom. The molecule has 18 heavy (non-hydrogen) atoms. The van der Waals surface area contributed by atoms with Gasteiger partial charge >= 0.3 is 0 Å². The molecule has 0 atom stereocenters. The second kappa shape index (κ2) is 5.70. The lowest BCUT2D eigenvalue weighted by molar-refractivity contribution is 0.268. The molecule has 2 rings (SSSR count). The van der Waals surface area contributed by atoms with Gasteiger partial charge in [0.1, 0.15) is 5.82 Å². The van der Waals surface area contributed by atoms with Crippen molar-refractivity contribution in [2.45, 2.75) is 45.6 Å². The van der Waals surface area contributed by atoms with Crippen molar-refractivity contribution < 1.29 is 4.39 Å². The Kier molecular flexibility index (Phi) is 4.23. The number of benzene rings is 1. The van der Waals surface area contributed by atoms with E-state index in [2.05, 4.69) is 12.2 Å². The largest absolute Gasteiger partial charge is 0.396 e. The van der Waals surface area contributed by atoms with Crippen LogP contribution in [-0.4, -0.2) is 6.54 Å². The van der Waals surface area contributed by atoms with Crippen LogP contribution in [0.15, 0.2) is 18.2 Å². The average molecular weight is 250 g/mol. The summed E-state index contributed by atoms with van der Waals surface area (Å²) in [5.74, 6) is -0.319. The van der Waals surface area contributed by atoms with E-state index >= 15 is 0 Å². The maximum atomic E-state index is 13.3. The summed E-state index contributed by atoms with van der Waals surface area (Å²) < 4.78 is 13.3. The van der Waals surface area contributed by atoms with E-state index in [1.54, 1.807) is 6.07 Å². The number of nitrogens with two attached hydrogens (primary N) is 1. The van der Waals surface area contributed by atoms with Crippen molar-refractivity contribution in [3.8, 4) is 0 Å². The number of nitrogen functional groups attached to an aromatic ring is 1. The molecule has 1 saturated carbocycles. The van der Waals surface area contributed by atoms with Gasteiger partial charge in [-0.25, -0.2) is 4.39 Å². The van der Waals surface area contributed by atoms with E-state index in [9.17, 15) is 4.39 Å². The highest BCUT2D eigenvalue weighted by Crippen LogP contribution is 2.40. The lowest BCUT2D eigenvalue weighted by atomic mass is 9.83. The highest BCUT2D eigenvalue weighted by atomic mass is 19.1. The SMILES string of the molecule is CCC1(CNCc2cccc(F)c2N)CCCC1. The Balaban J connectivity index is 1.90. The molecule has 0 aromatic heterocycles. The lowest BCUT2D eigenvalue weighted by Crippen LogP contribution is -2.31. The number of rotatable bonds is 5. The molecule has 1 aliphatic carbocycles. The Morgan fingerprint density at radius 3 is 2.72 bits per heavy atom. The zero-order valence-electron chi connectivity index (χ0n) is 11.1. The van der Waals surface area contributed by atoms with E-state index in [-0.39, 0.29) is 11.5 Å². The molecule has 2 nitrogen and oxygen atoms in total. The molecular formula is C15H23FN2. The quantitative estimate of drug-likeness (QED) is 0.785. The van der Waals surface area contributed by atoms with E-state index in [1.165, 1.54) is 38.2 Å². The van der Waals surface area contributed by atoms with Crippen LogP contribution in [-0.2, 0) is 6.54 Å². The first kappa shape index (κ1) is 13.3. The minimum Gasteiger partial charge on any atom is -0.396 e. The minimum atomic E-state index is -0.319. The van der Waals surface area contributed by atoms with Crippen LogP contribution >= 0.6 is 0 Å². The van der Waals surface area contributed by atoms with Gasteiger partial charge in [-0.1, -0.05) is 31.9 Å². The average Bonchev–Trinajstić information content (AvgIpc) is 2.84. The summed E-state index contributed by atoms with van der Waals surface area (Å²) >= 11 is 0. The van der Waals surface area contributed by atoms with E-state index < -0.39 is 0 Å². The van der Waals surface area contributed by atoms with Crippen molar-refractivity contribution in [2.75, 3.05) is 12.3 Å². The second-order valence-corrected chi connectivity index (χ2v) is 5.48. The van der Waals surface area contributed by atoms with Gasteiger partial charge in [0.25, 0.3) is 0 Å². The summed E-state index contributed by atoms with van der Waals surface area (Å²) in [6.45, 7) is 3.94. The topological polar surface area (TPSA) is 38.0 Å². The summed E-state index contributed by atoms with van der Waals surface area (Å²) in [6, 6.07) is 5.01. The highest BCUT2D eigenvalue weighted by Gasteiger charge is 2.31. The highest BCUT2D eigenvalue weighted by molar-refractivity contribution is 5.47. The Hall–Kier alpha value is -1.09. The Morgan fingerprint density at radius 2 is 2.06 bits per heavy atom. The summed E-state index contributed by atoms with van der Waals surface area (Å²) in [5.41, 5.74) is 7.33. The van der Waals surface area contributed by atoms with Crippen molar-refractivity contribution in [2.24, 2.45) is 5.41 Å². The van der Waals surface area contributed by atoms with Crippen LogP contribution in [0.4, 0.5) is 10.1 Å². The van der Waals surface area contributed by atoms with Gasteiger partial charge < -0.3 is 11.1 Å². The van der Waals surface area contributed by atoms with Gasteiger partial charge in [-0.15, -0.1) is 0 Å². The van der Waals surface area contributed by atoms with Gasteiger partial charge in [0.2, 0.25) is 0 Å². The van der Waals surface area contributed by atoms with Gasteiger partial charge in [0.05, 0.1) is 5.69 Å². The zero-order chi connectivity index (χ0) is 13.0. The first-order valence-electron chi connectivity index (χ1n) is 6.90. The molecule has 1 aliphatic rings. The normalized spacial score (nSPS) is 18.1. The van der Waals surface area contributed by atoms with Crippen molar-refractivity contribution in [1.82, 2.24) is 5.32 Å². The third-order valence-electron chi connectivity index (χ3n) is 4.37. The molecule has 1 aromatic carbocycles. The van der Waals surface area contributed by atoms with Crippen LogP contribution < -0.4 is 11.1 Å². The first-order chi connectivity index (χ1) is 8.67. The fourth-order valence-corrected chi connectivity index (χ4v) is 2.98. The zero-order valence-corrected chi connectivity index (χ0v) is 11.1. The van der Waals surface area contributed by atoms with Crippen molar-refractivity contribution >= 4 is 5.69 Å². The monoisotopic (exact) mass is 250 g/mol. The molecule has 1 fully saturated rings. The molecular weight excluding hydrogens is 227 g/mol. The maximum Gasteiger partial charge on any atom is 0.146 e. The lowest BCUT2D eigenvalue weighted by Gasteiger charge is -2.28. The third kappa shape index (κ3) is 2.83. The maximum absolute atomic E-state index is 13.3. The van der Waals surface area contributed by atoms with Crippen LogP contribution in [0.25, 0.3) is 0 Å². The number of anilines is 1. The van der Waals surface area contributed by atoms with Crippen LogP contribution in [0.5, 0.6) is 0 Å². The summed E-state index contributed by atoms with van der Waals surface area (Å²) in [5, 5.41) is 3.46. The first-order valence-corrected chi connectivity index (χ1v) is 6.90. The molecule has 0 unspecified atom stereocenters. The number of hydrogen-bond donors (Lipinski definition) is 2. The Bertz CT molecular complexity index is 397. The standard InChI is InChI=1S/C15H23FN2/c1-2-15(8-3-4-9-15)11-18-10-12-6-5-7-13(16)14(12)17/h5-7,18H,2-4,8-11,17H2,1H3. The molecule has 100 valence electrons. The minimum absolute atomic E-state index is 0.280. The smallest absolute Gasteiger partial charge is 0.146 e. The van der Waals surface area contributed by atoms with Crippen LogP contribution in [0.3, 0.4) is 0 Å². The van der Waals surface area contributed by atoms with Gasteiger partial charge in [0.15, 0.2) is 0 Å². The molecule has 3 N–H and O–H groups in total. The third-order valence-corrected chi connectivity index (χ3v) is 4.37. The van der Waals surface area contributed by atoms with Crippen molar-refractivity contribution in [3.63, 3.8) is 0 Å². The van der Waals surface area contributed by atoms with Crippen LogP contribution in [0, 0.1) is 11.2 Å². The molecule has 1 aromatic rings. The molecule has 0 aliphatic heterocycles. The molecule has 0 bridgehead atoms. The molecule has 0 amide bonds. The number of halogens is 1. The van der Waals surface area contributed by atoms with E-state index in [1.807, 2.05) is 6.07 Å². The summed E-state index contributed by atoms with van der Waals surface area (Å²) in [6.07, 6.45) is 6.54. The van der Waals surface area contributed by atoms with Gasteiger partial charge in [0, 0.05) is 13.1 Å². The van der Waals surface area contributed by atoms with Gasteiger partial charge in [-0.2, -0.15) is 0 Å². The van der Waals surface area contributed by atoms with Gasteiger partial charge in [-0.05, 0) is 36.3 Å². The van der Waals surface area contributed by atoms with Gasteiger partial charge in [-0.3, -0.25) is 0 Å². The Labute approximate surface area is 109 Å². The van der Waals surface area contributed by atoms with E-state index in [0.29, 0.717) is 12.0 Å². The molecule has 0 saturated heterocycles. The van der Waals surface area contributed by atoms with E-state index in [0.717, 1.165) is 12.1 Å². The molecule has 3 heteroatoms. The summed E-state index contributed by atoms with van der Waals surface area (Å²) in [7, 11) is 0. The molecule has 0 heterocycles. The van der Waals surface area contributed by atoms with Crippen molar-refractivity contribution in [1.29, 1.82) is 0 Å². The fraction of sp³-hybridized carbons (Fsp3) is 0.600. The number of nitrogens with one attached hydrogen (secondary N) is 1. The predicted octanol–water partition coefficient (Wildman–Crippen LogP) is 3.47. The van der Waals surface area contributed by atoms with Crippen molar-refractivity contribution in [3.05, 3.63) is 29.6 Å². The van der Waals surface area contributed by atoms with Crippen LogP contribution in [0.2, 0.25) is 0 Å². The van der Waals surface area contributed by atoms with Crippen LogP contribution in [0.1, 0.15) is 44.6 Å². The second-order valence-electron chi connectivity index (χ2n) is 5.48. The van der Waals surface area contributed by atoms with E-state index in [4.69, 9.17) is 5.73 Å². The molecule has 0 radical (unpaired) electrons. The predicted molar refractivity (Wildman–Crippen MR) is 73.7 cm³/mol. The fourth-order valence-electron chi connectivity index (χ4n) is 2.98. The molecule has 0 spiro atoms. The number of para-hydroxylation sites is 1. The summed E-state index contributed by atoms with van der Waals surface area (Å²) in [4.78, 5) is 0.